The molecule has 0 saturated carbocycles. The largest absolute Gasteiger partial charge is 0.466 e. The third-order valence-corrected chi connectivity index (χ3v) is 2.48. The Hall–Kier alpha value is -1.19. The zero-order chi connectivity index (χ0) is 11.3. The molecule has 1 aliphatic heterocycles. The van der Waals surface area contributed by atoms with E-state index in [-0.39, 0.29) is 11.8 Å². The van der Waals surface area contributed by atoms with Gasteiger partial charge >= 0.3 is 5.97 Å². The number of ether oxygens (including phenoxy) is 1. The number of esters is 1. The molecule has 0 fully saturated rings. The van der Waals surface area contributed by atoms with Gasteiger partial charge in [0.2, 0.25) is 7.41 Å². The molecular formula is C11H18BNO2. The molecule has 0 N–H and O–H groups in total. The van der Waals surface area contributed by atoms with E-state index in [2.05, 4.69) is 17.8 Å². The van der Waals surface area contributed by atoms with Crippen LogP contribution in [0.1, 0.15) is 20.8 Å². The summed E-state index contributed by atoms with van der Waals surface area (Å²) in [5.41, 5.74) is 0. The Labute approximate surface area is 92.0 Å². The van der Waals surface area contributed by atoms with Gasteiger partial charge in [-0.2, -0.15) is 0 Å². The van der Waals surface area contributed by atoms with Crippen molar-refractivity contribution in [1.82, 2.24) is 4.81 Å². The Morgan fingerprint density at radius 2 is 2.33 bits per heavy atom. The normalized spacial score (nSPS) is 21.3. The molecule has 1 heterocycles. The minimum absolute atomic E-state index is 0.0800. The van der Waals surface area contributed by atoms with Gasteiger partial charge < -0.3 is 9.55 Å². The molecule has 0 radical (unpaired) electrons. The molecule has 3 nitrogen and oxygen atoms in total. The summed E-state index contributed by atoms with van der Waals surface area (Å²) in [6, 6.07) is 0.354. The molecule has 0 aromatic rings. The van der Waals surface area contributed by atoms with E-state index in [4.69, 9.17) is 4.74 Å². The molecule has 2 atom stereocenters. The van der Waals surface area contributed by atoms with Crippen LogP contribution in [-0.2, 0) is 9.53 Å². The lowest BCUT2D eigenvalue weighted by Gasteiger charge is -2.28. The number of nitrogens with zero attached hydrogens (tertiary/aromatic N) is 1. The Morgan fingerprint density at radius 1 is 1.60 bits per heavy atom. The van der Waals surface area contributed by atoms with Gasteiger partial charge in [0.15, 0.2) is 0 Å². The summed E-state index contributed by atoms with van der Waals surface area (Å²) in [5.74, 6) is -0.198. The fourth-order valence-electron chi connectivity index (χ4n) is 1.53. The molecule has 82 valence electrons. The molecule has 4 heteroatoms. The summed E-state index contributed by atoms with van der Waals surface area (Å²) in [6.45, 7) is 6.29. The topological polar surface area (TPSA) is 29.5 Å². The zero-order valence-electron chi connectivity index (χ0n) is 9.64. The van der Waals surface area contributed by atoms with Crippen molar-refractivity contribution in [1.29, 1.82) is 0 Å². The minimum Gasteiger partial charge on any atom is -0.466 e. The Kier molecular flexibility index (Phi) is 4.47. The van der Waals surface area contributed by atoms with E-state index in [1.165, 1.54) is 0 Å². The summed E-state index contributed by atoms with van der Waals surface area (Å²) >= 11 is 0. The number of hydrogen-bond donors (Lipinski definition) is 0. The van der Waals surface area contributed by atoms with Crippen molar-refractivity contribution < 1.29 is 9.53 Å². The maximum Gasteiger partial charge on any atom is 0.302 e. The Bertz CT molecular complexity index is 276. The van der Waals surface area contributed by atoms with Crippen LogP contribution in [0.5, 0.6) is 0 Å². The fourth-order valence-corrected chi connectivity index (χ4v) is 1.53. The lowest BCUT2D eigenvalue weighted by Crippen LogP contribution is -2.35. The van der Waals surface area contributed by atoms with E-state index < -0.39 is 0 Å². The SMILES string of the molecule is CCOC(=O)C(C)BN1C=CC=CC1C. The Morgan fingerprint density at radius 3 is 2.93 bits per heavy atom. The van der Waals surface area contributed by atoms with E-state index in [1.807, 2.05) is 32.2 Å². The summed E-state index contributed by atoms with van der Waals surface area (Å²) < 4.78 is 4.97. The highest BCUT2D eigenvalue weighted by Gasteiger charge is 2.21. The van der Waals surface area contributed by atoms with Gasteiger partial charge in [-0.3, -0.25) is 4.79 Å². The summed E-state index contributed by atoms with van der Waals surface area (Å²) in [7, 11) is 0.709. The van der Waals surface area contributed by atoms with Crippen LogP contribution in [0.25, 0.3) is 0 Å². The molecular weight excluding hydrogens is 189 g/mol. The predicted octanol–water partition coefficient (Wildman–Crippen LogP) is 1.48. The second-order valence-electron chi connectivity index (χ2n) is 3.82. The van der Waals surface area contributed by atoms with E-state index in [1.54, 1.807) is 0 Å². The molecule has 1 rings (SSSR count). The van der Waals surface area contributed by atoms with Crippen molar-refractivity contribution in [3.05, 3.63) is 24.4 Å². The average Bonchev–Trinajstić information content (AvgIpc) is 2.21. The van der Waals surface area contributed by atoms with Gasteiger partial charge in [-0.15, -0.1) is 0 Å². The number of hydrogen-bond acceptors (Lipinski definition) is 3. The monoisotopic (exact) mass is 207 g/mol. The van der Waals surface area contributed by atoms with Gasteiger partial charge in [-0.05, 0) is 26.1 Å². The molecule has 0 aromatic heterocycles. The van der Waals surface area contributed by atoms with Crippen LogP contribution in [0.15, 0.2) is 24.4 Å². The number of allylic oxidation sites excluding steroid dienone is 2. The molecule has 0 bridgehead atoms. The molecule has 15 heavy (non-hydrogen) atoms. The first-order chi connectivity index (χ1) is 7.15. The first kappa shape index (κ1) is 11.9. The highest BCUT2D eigenvalue weighted by atomic mass is 16.5. The van der Waals surface area contributed by atoms with Crippen LogP contribution in [-0.4, -0.2) is 30.8 Å². The van der Waals surface area contributed by atoms with Crippen molar-refractivity contribution in [2.24, 2.45) is 0 Å². The lowest BCUT2D eigenvalue weighted by molar-refractivity contribution is -0.142. The third kappa shape index (κ3) is 3.46. The molecule has 0 aromatic carbocycles. The molecule has 0 aliphatic carbocycles. The average molecular weight is 207 g/mol. The second kappa shape index (κ2) is 5.64. The zero-order valence-corrected chi connectivity index (χ0v) is 9.64. The summed E-state index contributed by atoms with van der Waals surface area (Å²) in [6.07, 6.45) is 8.13. The smallest absolute Gasteiger partial charge is 0.302 e. The Balaban J connectivity index is 2.44. The highest BCUT2D eigenvalue weighted by molar-refractivity contribution is 6.41. The standard InChI is InChI=1S/C11H18BNO2/c1-4-15-11(14)10(3)12-13-8-6-5-7-9(13)2/h5-10,12H,4H2,1-3H3. The van der Waals surface area contributed by atoms with Gasteiger partial charge in [0.1, 0.15) is 0 Å². The fraction of sp³-hybridized carbons (Fsp3) is 0.545. The van der Waals surface area contributed by atoms with Crippen molar-refractivity contribution >= 4 is 13.4 Å². The number of rotatable bonds is 4. The predicted molar refractivity (Wildman–Crippen MR) is 62.8 cm³/mol. The maximum atomic E-state index is 11.4. The van der Waals surface area contributed by atoms with E-state index in [0.29, 0.717) is 20.1 Å². The van der Waals surface area contributed by atoms with Crippen molar-refractivity contribution in [2.45, 2.75) is 32.6 Å². The van der Waals surface area contributed by atoms with Crippen molar-refractivity contribution in [3.63, 3.8) is 0 Å². The van der Waals surface area contributed by atoms with Crippen LogP contribution in [0.3, 0.4) is 0 Å². The van der Waals surface area contributed by atoms with Gasteiger partial charge in [-0.1, -0.05) is 19.1 Å². The van der Waals surface area contributed by atoms with Crippen molar-refractivity contribution in [2.75, 3.05) is 6.61 Å². The molecule has 0 spiro atoms. The molecule has 0 amide bonds. The van der Waals surface area contributed by atoms with Crippen LogP contribution in [0.2, 0.25) is 5.82 Å². The van der Waals surface area contributed by atoms with E-state index in [9.17, 15) is 4.79 Å². The first-order valence-electron chi connectivity index (χ1n) is 5.42. The summed E-state index contributed by atoms with van der Waals surface area (Å²) in [5, 5.41) is 0. The second-order valence-corrected chi connectivity index (χ2v) is 3.82. The highest BCUT2D eigenvalue weighted by Crippen LogP contribution is 2.13. The van der Waals surface area contributed by atoms with Gasteiger partial charge in [-0.25, -0.2) is 0 Å². The number of carbonyl (C=O) groups is 1. The number of carbonyl (C=O) groups excluding carboxylic acids is 1. The van der Waals surface area contributed by atoms with Gasteiger partial charge in [0.25, 0.3) is 0 Å². The van der Waals surface area contributed by atoms with E-state index in [0.717, 1.165) is 0 Å². The van der Waals surface area contributed by atoms with Gasteiger partial charge in [0, 0.05) is 6.04 Å². The maximum absolute atomic E-state index is 11.4. The molecule has 0 saturated heterocycles. The molecule has 1 aliphatic rings. The molecule has 2 unspecified atom stereocenters. The van der Waals surface area contributed by atoms with Crippen LogP contribution in [0.4, 0.5) is 0 Å². The summed E-state index contributed by atoms with van der Waals surface area (Å²) in [4.78, 5) is 13.6. The van der Waals surface area contributed by atoms with Crippen molar-refractivity contribution in [3.8, 4) is 0 Å². The van der Waals surface area contributed by atoms with Crippen LogP contribution in [0, 0.1) is 0 Å². The third-order valence-electron chi connectivity index (χ3n) is 2.48. The van der Waals surface area contributed by atoms with Crippen LogP contribution < -0.4 is 0 Å². The lowest BCUT2D eigenvalue weighted by atomic mass is 9.73. The quantitative estimate of drug-likeness (QED) is 0.516. The first-order valence-corrected chi connectivity index (χ1v) is 5.42. The van der Waals surface area contributed by atoms with Gasteiger partial charge in [0.05, 0.1) is 12.4 Å². The minimum atomic E-state index is -0.118. The van der Waals surface area contributed by atoms with Crippen LogP contribution >= 0.6 is 0 Å². The van der Waals surface area contributed by atoms with E-state index >= 15 is 0 Å².